The predicted octanol–water partition coefficient (Wildman–Crippen LogP) is 4.61. The van der Waals surface area contributed by atoms with E-state index in [2.05, 4.69) is 15.1 Å². The smallest absolute Gasteiger partial charge is 0.265 e. The quantitative estimate of drug-likeness (QED) is 0.460. The Balaban J connectivity index is 1.52. The van der Waals surface area contributed by atoms with Crippen LogP contribution in [0, 0.1) is 20.8 Å². The number of benzene rings is 2. The van der Waals surface area contributed by atoms with Gasteiger partial charge in [-0.25, -0.2) is 8.42 Å². The van der Waals surface area contributed by atoms with E-state index >= 15 is 0 Å². The van der Waals surface area contributed by atoms with Gasteiger partial charge in [-0.2, -0.15) is 5.10 Å². The summed E-state index contributed by atoms with van der Waals surface area (Å²) in [7, 11) is -1.90. The molecule has 2 heterocycles. The number of thiophene rings is 1. The maximum absolute atomic E-state index is 12.8. The van der Waals surface area contributed by atoms with E-state index in [-0.39, 0.29) is 10.8 Å². The van der Waals surface area contributed by atoms with Crippen LogP contribution in [0.5, 0.6) is 0 Å². The number of hydrogen-bond donors (Lipinski definition) is 2. The highest BCUT2D eigenvalue weighted by Crippen LogP contribution is 2.28. The Morgan fingerprint density at radius 3 is 2.29 bits per heavy atom. The number of sulfonamides is 1. The molecule has 0 bridgehead atoms. The first-order valence-corrected chi connectivity index (χ1v) is 11.9. The molecule has 2 N–H and O–H groups in total. The second-order valence-corrected chi connectivity index (χ2v) is 10.1. The van der Waals surface area contributed by atoms with Crippen LogP contribution in [-0.2, 0) is 17.1 Å². The number of carbonyl (C=O) groups excluding carboxylic acids is 1. The minimum Gasteiger partial charge on any atom is -0.321 e. The molecule has 2 aromatic carbocycles. The lowest BCUT2D eigenvalue weighted by atomic mass is 10.1. The Kier molecular flexibility index (Phi) is 5.32. The topological polar surface area (TPSA) is 93.1 Å². The summed E-state index contributed by atoms with van der Waals surface area (Å²) in [5.41, 5.74) is 3.67. The van der Waals surface area contributed by atoms with Gasteiger partial charge in [-0.3, -0.25) is 14.2 Å². The minimum absolute atomic E-state index is 0.122. The molecule has 1 amide bonds. The van der Waals surface area contributed by atoms with Crippen LogP contribution in [0.2, 0.25) is 0 Å². The molecule has 31 heavy (non-hydrogen) atoms. The van der Waals surface area contributed by atoms with E-state index in [0.29, 0.717) is 16.3 Å². The van der Waals surface area contributed by atoms with E-state index in [1.165, 1.54) is 23.5 Å². The van der Waals surface area contributed by atoms with Gasteiger partial charge in [0, 0.05) is 18.1 Å². The summed E-state index contributed by atoms with van der Waals surface area (Å²) in [5.74, 6) is -0.245. The maximum atomic E-state index is 12.8. The monoisotopic (exact) mass is 454 g/mol. The van der Waals surface area contributed by atoms with Crippen molar-refractivity contribution in [1.29, 1.82) is 0 Å². The highest BCUT2D eigenvalue weighted by molar-refractivity contribution is 7.92. The van der Waals surface area contributed by atoms with Gasteiger partial charge in [-0.1, -0.05) is 18.2 Å². The van der Waals surface area contributed by atoms with E-state index in [9.17, 15) is 13.2 Å². The highest BCUT2D eigenvalue weighted by atomic mass is 32.2. The van der Waals surface area contributed by atoms with Gasteiger partial charge in [0.1, 0.15) is 4.83 Å². The summed E-state index contributed by atoms with van der Waals surface area (Å²) in [6.07, 6.45) is 0. The fourth-order valence-corrected chi connectivity index (χ4v) is 5.62. The van der Waals surface area contributed by atoms with Gasteiger partial charge in [0.2, 0.25) is 0 Å². The van der Waals surface area contributed by atoms with Gasteiger partial charge in [0.25, 0.3) is 15.9 Å². The molecule has 9 heteroatoms. The van der Waals surface area contributed by atoms with Gasteiger partial charge in [-0.15, -0.1) is 11.3 Å². The number of nitrogens with one attached hydrogen (secondary N) is 2. The maximum Gasteiger partial charge on any atom is 0.265 e. The van der Waals surface area contributed by atoms with Gasteiger partial charge >= 0.3 is 0 Å². The minimum atomic E-state index is -3.75. The zero-order valence-electron chi connectivity index (χ0n) is 17.6. The molecule has 0 saturated carbocycles. The SMILES string of the molecule is Cc1cccc(C)c1NS(=O)(=O)c1ccc(NC(=O)c2cc3c(C)nn(C)c3s2)cc1. The molecule has 7 nitrogen and oxygen atoms in total. The van der Waals surface area contributed by atoms with Crippen LogP contribution in [0.4, 0.5) is 11.4 Å². The number of aromatic nitrogens is 2. The first-order valence-electron chi connectivity index (χ1n) is 9.59. The summed E-state index contributed by atoms with van der Waals surface area (Å²) >= 11 is 1.37. The molecule has 0 saturated heterocycles. The van der Waals surface area contributed by atoms with Crippen LogP contribution >= 0.6 is 11.3 Å². The second kappa shape index (κ2) is 7.82. The Bertz CT molecular complexity index is 1350. The molecule has 0 aliphatic rings. The van der Waals surface area contributed by atoms with Crippen molar-refractivity contribution in [1.82, 2.24) is 9.78 Å². The number of carbonyl (C=O) groups is 1. The largest absolute Gasteiger partial charge is 0.321 e. The van der Waals surface area contributed by atoms with E-state index in [0.717, 1.165) is 27.0 Å². The van der Waals surface area contributed by atoms with Crippen molar-refractivity contribution in [3.63, 3.8) is 0 Å². The normalized spacial score (nSPS) is 11.6. The Hall–Kier alpha value is -3.17. The van der Waals surface area contributed by atoms with Crippen LogP contribution in [-0.4, -0.2) is 24.1 Å². The second-order valence-electron chi connectivity index (χ2n) is 7.39. The van der Waals surface area contributed by atoms with E-state index < -0.39 is 10.0 Å². The van der Waals surface area contributed by atoms with Crippen LogP contribution < -0.4 is 10.0 Å². The lowest BCUT2D eigenvalue weighted by Crippen LogP contribution is -2.15. The third-order valence-corrected chi connectivity index (χ3v) is 7.63. The van der Waals surface area contributed by atoms with Crippen LogP contribution in [0.3, 0.4) is 0 Å². The fraction of sp³-hybridized carbons (Fsp3) is 0.182. The van der Waals surface area contributed by atoms with Crippen molar-refractivity contribution in [2.45, 2.75) is 25.7 Å². The van der Waals surface area contributed by atoms with E-state index in [1.807, 2.05) is 52.1 Å². The van der Waals surface area contributed by atoms with Crippen molar-refractivity contribution in [3.8, 4) is 0 Å². The van der Waals surface area contributed by atoms with Crippen LogP contribution in [0.1, 0.15) is 26.5 Å². The third-order valence-electron chi connectivity index (χ3n) is 5.06. The summed E-state index contributed by atoms with van der Waals surface area (Å²) < 4.78 is 30.0. The zero-order valence-corrected chi connectivity index (χ0v) is 19.2. The van der Waals surface area contributed by atoms with Gasteiger partial charge in [0.15, 0.2) is 0 Å². The van der Waals surface area contributed by atoms with Gasteiger partial charge < -0.3 is 5.32 Å². The molecule has 0 aliphatic heterocycles. The highest BCUT2D eigenvalue weighted by Gasteiger charge is 2.18. The lowest BCUT2D eigenvalue weighted by Gasteiger charge is -2.13. The molecule has 0 unspecified atom stereocenters. The number of nitrogens with zero attached hydrogens (tertiary/aromatic N) is 2. The molecule has 2 aromatic heterocycles. The Labute approximate surface area is 184 Å². The number of anilines is 2. The van der Waals surface area contributed by atoms with E-state index in [4.69, 9.17) is 0 Å². The lowest BCUT2D eigenvalue weighted by molar-refractivity contribution is 0.103. The van der Waals surface area contributed by atoms with Crippen LogP contribution in [0.25, 0.3) is 10.2 Å². The molecule has 0 atom stereocenters. The molecule has 4 aromatic rings. The number of para-hydroxylation sites is 1. The number of hydrogen-bond acceptors (Lipinski definition) is 5. The summed E-state index contributed by atoms with van der Waals surface area (Å²) in [6, 6.07) is 13.5. The van der Waals surface area contributed by atoms with Gasteiger partial charge in [0.05, 0.1) is 21.2 Å². The summed E-state index contributed by atoms with van der Waals surface area (Å²) in [4.78, 5) is 14.3. The number of aryl methyl sites for hydroxylation is 4. The molecule has 0 spiro atoms. The zero-order chi connectivity index (χ0) is 22.3. The van der Waals surface area contributed by atoms with Crippen molar-refractivity contribution in [2.75, 3.05) is 10.0 Å². The summed E-state index contributed by atoms with van der Waals surface area (Å²) in [5, 5.41) is 8.12. The van der Waals surface area contributed by atoms with Crippen molar-refractivity contribution in [3.05, 3.63) is 70.2 Å². The molecule has 0 radical (unpaired) electrons. The summed E-state index contributed by atoms with van der Waals surface area (Å²) in [6.45, 7) is 5.62. The molecular formula is C22H22N4O3S2. The Morgan fingerprint density at radius 1 is 1.03 bits per heavy atom. The molecular weight excluding hydrogens is 432 g/mol. The number of rotatable bonds is 5. The molecule has 0 fully saturated rings. The number of fused-ring (bicyclic) bond motifs is 1. The standard InChI is InChI=1S/C22H22N4O3S2/c1-13-6-5-7-14(2)20(13)25-31(28,29)17-10-8-16(9-11-17)23-21(27)19-12-18-15(3)24-26(4)22(18)30-19/h5-12,25H,1-4H3,(H,23,27). The Morgan fingerprint density at radius 2 is 1.68 bits per heavy atom. The molecule has 0 aliphatic carbocycles. The molecule has 4 rings (SSSR count). The van der Waals surface area contributed by atoms with Crippen molar-refractivity contribution in [2.24, 2.45) is 7.05 Å². The average molecular weight is 455 g/mol. The first-order chi connectivity index (χ1) is 14.7. The third kappa shape index (κ3) is 4.06. The fourth-order valence-electron chi connectivity index (χ4n) is 3.40. The van der Waals surface area contributed by atoms with Crippen molar-refractivity contribution < 1.29 is 13.2 Å². The predicted molar refractivity (Wildman–Crippen MR) is 124 cm³/mol. The average Bonchev–Trinajstić information content (AvgIpc) is 3.27. The number of amides is 1. The van der Waals surface area contributed by atoms with Gasteiger partial charge in [-0.05, 0) is 62.2 Å². The van der Waals surface area contributed by atoms with Crippen molar-refractivity contribution >= 4 is 48.9 Å². The molecule has 160 valence electrons. The first kappa shape index (κ1) is 21.1. The van der Waals surface area contributed by atoms with E-state index in [1.54, 1.807) is 16.8 Å². The van der Waals surface area contributed by atoms with Crippen LogP contribution in [0.15, 0.2) is 53.4 Å².